The first-order valence-corrected chi connectivity index (χ1v) is 5.23. The van der Waals surface area contributed by atoms with Crippen molar-refractivity contribution in [1.82, 2.24) is 5.48 Å². The fraction of sp³-hybridized carbons (Fsp3) is 0. The van der Waals surface area contributed by atoms with Crippen molar-refractivity contribution in [2.75, 3.05) is 0 Å². The van der Waals surface area contributed by atoms with Gasteiger partial charge in [-0.3, -0.25) is 0 Å². The van der Waals surface area contributed by atoms with E-state index in [9.17, 15) is 4.79 Å². The van der Waals surface area contributed by atoms with Crippen LogP contribution in [-0.4, -0.2) is 11.2 Å². The summed E-state index contributed by atoms with van der Waals surface area (Å²) in [5.41, 5.74) is 1.82. The second kappa shape index (κ2) is 5.58. The molecule has 2 aromatic carbocycles. The lowest BCUT2D eigenvalue weighted by Crippen LogP contribution is -2.24. The fourth-order valence-electron chi connectivity index (χ4n) is 1.33. The molecule has 2 rings (SSSR count). The van der Waals surface area contributed by atoms with E-state index in [2.05, 4.69) is 0 Å². The summed E-state index contributed by atoms with van der Waals surface area (Å²) >= 11 is 0. The maximum absolute atomic E-state index is 10.4. The molecule has 0 fully saturated rings. The molecule has 0 aliphatic carbocycles. The Kier molecular flexibility index (Phi) is 3.66. The van der Waals surface area contributed by atoms with Gasteiger partial charge < -0.3 is 14.7 Å². The summed E-state index contributed by atoms with van der Waals surface area (Å²) < 4.78 is 5.58. The minimum atomic E-state index is -1.27. The average molecular weight is 245 g/mol. The fourth-order valence-corrected chi connectivity index (χ4v) is 1.33. The van der Waals surface area contributed by atoms with Gasteiger partial charge in [-0.05, 0) is 24.3 Å². The monoisotopic (exact) mass is 245 g/mol. The van der Waals surface area contributed by atoms with E-state index in [-0.39, 0.29) is 0 Å². The molecule has 0 spiro atoms. The summed E-state index contributed by atoms with van der Waals surface area (Å²) in [6, 6.07) is 15.9. The van der Waals surface area contributed by atoms with Gasteiger partial charge in [0.2, 0.25) is 0 Å². The lowest BCUT2D eigenvalue weighted by atomic mass is 10.3. The maximum Gasteiger partial charge on any atom is 0.438 e. The third-order valence-electron chi connectivity index (χ3n) is 2.07. The number of amides is 1. The highest BCUT2D eigenvalue weighted by Gasteiger charge is 2.06. The highest BCUT2D eigenvalue weighted by Crippen LogP contribution is 2.30. The molecule has 5 heteroatoms. The van der Waals surface area contributed by atoms with Crippen molar-refractivity contribution in [3.8, 4) is 17.2 Å². The zero-order valence-electron chi connectivity index (χ0n) is 9.37. The molecule has 92 valence electrons. The molecule has 0 atom stereocenters. The van der Waals surface area contributed by atoms with Crippen molar-refractivity contribution in [1.29, 1.82) is 0 Å². The van der Waals surface area contributed by atoms with Gasteiger partial charge >= 0.3 is 6.09 Å². The third kappa shape index (κ3) is 3.15. The van der Waals surface area contributed by atoms with Gasteiger partial charge in [0, 0.05) is 0 Å². The van der Waals surface area contributed by atoms with Crippen LogP contribution in [0.15, 0.2) is 54.6 Å². The quantitative estimate of drug-likeness (QED) is 0.812. The number of nitrogens with one attached hydrogen (secondary N) is 1. The molecule has 0 radical (unpaired) electrons. The van der Waals surface area contributed by atoms with Crippen molar-refractivity contribution >= 4 is 6.09 Å². The third-order valence-corrected chi connectivity index (χ3v) is 2.07. The summed E-state index contributed by atoms with van der Waals surface area (Å²) in [5.74, 6) is 1.37. The highest BCUT2D eigenvalue weighted by molar-refractivity contribution is 5.63. The molecule has 0 aliphatic heterocycles. The van der Waals surface area contributed by atoms with Gasteiger partial charge in [0.1, 0.15) is 5.75 Å². The van der Waals surface area contributed by atoms with Crippen LogP contribution in [0.5, 0.6) is 17.2 Å². The predicted octanol–water partition coefficient (Wildman–Crippen LogP) is 3.04. The molecule has 0 saturated heterocycles. The van der Waals surface area contributed by atoms with Crippen molar-refractivity contribution in [3.63, 3.8) is 0 Å². The smallest absolute Gasteiger partial charge is 0.438 e. The summed E-state index contributed by atoms with van der Waals surface area (Å²) in [7, 11) is 0. The Balaban J connectivity index is 2.14. The summed E-state index contributed by atoms with van der Waals surface area (Å²) in [6.07, 6.45) is -1.27. The molecule has 0 heterocycles. The molecular formula is C13H11NO4. The largest absolute Gasteiger partial charge is 0.463 e. The normalized spacial score (nSPS) is 9.56. The van der Waals surface area contributed by atoms with E-state index in [0.29, 0.717) is 17.2 Å². The number of carbonyl (C=O) groups is 1. The van der Waals surface area contributed by atoms with E-state index in [1.807, 2.05) is 23.7 Å². The van der Waals surface area contributed by atoms with Crippen molar-refractivity contribution in [2.24, 2.45) is 0 Å². The number of carboxylic acid groups (broad SMARTS) is 1. The van der Waals surface area contributed by atoms with E-state index < -0.39 is 6.09 Å². The topological polar surface area (TPSA) is 67.8 Å². The Morgan fingerprint density at radius 2 is 1.56 bits per heavy atom. The Morgan fingerprint density at radius 3 is 2.22 bits per heavy atom. The lowest BCUT2D eigenvalue weighted by Gasteiger charge is -2.10. The minimum Gasteiger partial charge on any atom is -0.463 e. The van der Waals surface area contributed by atoms with Crippen molar-refractivity contribution in [3.05, 3.63) is 54.6 Å². The summed E-state index contributed by atoms with van der Waals surface area (Å²) in [6.45, 7) is 0. The first-order valence-electron chi connectivity index (χ1n) is 5.23. The first-order chi connectivity index (χ1) is 8.75. The Hall–Kier alpha value is -2.69. The molecular weight excluding hydrogens is 234 g/mol. The van der Waals surface area contributed by atoms with Gasteiger partial charge in [-0.1, -0.05) is 30.3 Å². The molecule has 18 heavy (non-hydrogen) atoms. The first kappa shape index (κ1) is 11.8. The Labute approximate surface area is 104 Å². The van der Waals surface area contributed by atoms with Crippen molar-refractivity contribution in [2.45, 2.75) is 0 Å². The van der Waals surface area contributed by atoms with Gasteiger partial charge in [0.25, 0.3) is 0 Å². The van der Waals surface area contributed by atoms with Crippen LogP contribution in [0, 0.1) is 0 Å². The molecule has 5 nitrogen and oxygen atoms in total. The molecule has 0 aromatic heterocycles. The average Bonchev–Trinajstić information content (AvgIpc) is 2.39. The van der Waals surface area contributed by atoms with E-state index in [1.54, 1.807) is 36.4 Å². The van der Waals surface area contributed by atoms with Crippen LogP contribution in [-0.2, 0) is 0 Å². The maximum atomic E-state index is 10.4. The van der Waals surface area contributed by atoms with E-state index in [0.717, 1.165) is 0 Å². The molecule has 0 saturated carbocycles. The molecule has 0 bridgehead atoms. The standard InChI is InChI=1S/C13H11NO4/c15-13(16)14-18-12-9-5-4-8-11(12)17-10-6-2-1-3-7-10/h1-9,14H,(H,15,16). The number of hydrogen-bond acceptors (Lipinski definition) is 3. The zero-order chi connectivity index (χ0) is 12.8. The van der Waals surface area contributed by atoms with Gasteiger partial charge in [0.05, 0.1) is 0 Å². The predicted molar refractivity (Wildman–Crippen MR) is 64.7 cm³/mol. The van der Waals surface area contributed by atoms with Crippen LogP contribution in [0.1, 0.15) is 0 Å². The lowest BCUT2D eigenvalue weighted by molar-refractivity contribution is 0.134. The van der Waals surface area contributed by atoms with Crippen LogP contribution < -0.4 is 15.1 Å². The molecule has 0 unspecified atom stereocenters. The van der Waals surface area contributed by atoms with Gasteiger partial charge in [0.15, 0.2) is 11.5 Å². The van der Waals surface area contributed by atoms with Gasteiger partial charge in [-0.2, -0.15) is 5.48 Å². The Bertz CT molecular complexity index is 528. The molecule has 2 aromatic rings. The number of hydroxylamine groups is 1. The second-order valence-electron chi connectivity index (χ2n) is 3.37. The van der Waals surface area contributed by atoms with Gasteiger partial charge in [-0.15, -0.1) is 0 Å². The highest BCUT2D eigenvalue weighted by atomic mass is 16.7. The molecule has 1 amide bonds. The number of ether oxygens (including phenoxy) is 1. The van der Waals surface area contributed by atoms with Crippen LogP contribution >= 0.6 is 0 Å². The summed E-state index contributed by atoms with van der Waals surface area (Å²) in [4.78, 5) is 15.3. The number of rotatable bonds is 4. The Morgan fingerprint density at radius 1 is 0.944 bits per heavy atom. The summed E-state index contributed by atoms with van der Waals surface area (Å²) in [5, 5.41) is 8.48. The van der Waals surface area contributed by atoms with Crippen molar-refractivity contribution < 1.29 is 19.5 Å². The van der Waals surface area contributed by atoms with Gasteiger partial charge in [-0.25, -0.2) is 4.79 Å². The number of benzene rings is 2. The second-order valence-corrected chi connectivity index (χ2v) is 3.37. The minimum absolute atomic E-state index is 0.295. The van der Waals surface area contributed by atoms with E-state index in [4.69, 9.17) is 14.7 Å². The van der Waals surface area contributed by atoms with Crippen LogP contribution in [0.2, 0.25) is 0 Å². The van der Waals surface area contributed by atoms with E-state index in [1.165, 1.54) is 0 Å². The molecule has 2 N–H and O–H groups in total. The van der Waals surface area contributed by atoms with E-state index >= 15 is 0 Å². The SMILES string of the molecule is O=C(O)NOc1ccccc1Oc1ccccc1. The molecule has 0 aliphatic rings. The number of para-hydroxylation sites is 3. The van der Waals surface area contributed by atoms with Crippen LogP contribution in [0.3, 0.4) is 0 Å². The van der Waals surface area contributed by atoms with Crippen LogP contribution in [0.25, 0.3) is 0 Å². The number of hydrogen-bond donors (Lipinski definition) is 2. The zero-order valence-corrected chi connectivity index (χ0v) is 9.37. The van der Waals surface area contributed by atoms with Crippen LogP contribution in [0.4, 0.5) is 4.79 Å².